The average molecular weight is 323 g/mol. The van der Waals surface area contributed by atoms with Crippen LogP contribution in [0.25, 0.3) is 0 Å². The molecule has 0 aliphatic heterocycles. The Kier molecular flexibility index (Phi) is 4.13. The SMILES string of the molecule is NCc1ccc(Oc2ccc([N+](=O)[O-])cc2)c(Br)c1. The molecule has 6 heteroatoms. The zero-order chi connectivity index (χ0) is 13.8. The summed E-state index contributed by atoms with van der Waals surface area (Å²) in [6.45, 7) is 0.455. The third-order valence-corrected chi connectivity index (χ3v) is 3.13. The third kappa shape index (κ3) is 3.30. The van der Waals surface area contributed by atoms with Crippen LogP contribution in [0.1, 0.15) is 5.56 Å². The standard InChI is InChI=1S/C13H11BrN2O3/c14-12-7-9(8-15)1-6-13(12)19-11-4-2-10(3-5-11)16(17)18/h1-7H,8,15H2. The van der Waals surface area contributed by atoms with E-state index in [1.165, 1.54) is 12.1 Å². The highest BCUT2D eigenvalue weighted by atomic mass is 79.9. The lowest BCUT2D eigenvalue weighted by molar-refractivity contribution is -0.384. The van der Waals surface area contributed by atoms with Gasteiger partial charge >= 0.3 is 0 Å². The number of benzene rings is 2. The first-order chi connectivity index (χ1) is 9.10. The van der Waals surface area contributed by atoms with Crippen LogP contribution in [0.15, 0.2) is 46.9 Å². The van der Waals surface area contributed by atoms with E-state index in [4.69, 9.17) is 10.5 Å². The first-order valence-electron chi connectivity index (χ1n) is 5.51. The zero-order valence-corrected chi connectivity index (χ0v) is 11.5. The van der Waals surface area contributed by atoms with E-state index in [1.807, 2.05) is 12.1 Å². The molecule has 0 aliphatic carbocycles. The molecule has 0 atom stereocenters. The van der Waals surface area contributed by atoms with Gasteiger partial charge in [-0.25, -0.2) is 0 Å². The normalized spacial score (nSPS) is 10.2. The van der Waals surface area contributed by atoms with E-state index in [-0.39, 0.29) is 5.69 Å². The van der Waals surface area contributed by atoms with E-state index >= 15 is 0 Å². The zero-order valence-electron chi connectivity index (χ0n) is 9.88. The molecule has 0 amide bonds. The molecule has 0 aromatic heterocycles. The molecule has 2 rings (SSSR count). The molecule has 0 spiro atoms. The van der Waals surface area contributed by atoms with Crippen molar-refractivity contribution in [3.8, 4) is 11.5 Å². The Labute approximate surface area is 118 Å². The van der Waals surface area contributed by atoms with Gasteiger partial charge in [0.1, 0.15) is 11.5 Å². The molecule has 0 heterocycles. The molecule has 0 saturated heterocycles. The number of nitro benzene ring substituents is 1. The van der Waals surface area contributed by atoms with Crippen LogP contribution in [-0.4, -0.2) is 4.92 Å². The lowest BCUT2D eigenvalue weighted by Gasteiger charge is -2.08. The second kappa shape index (κ2) is 5.81. The highest BCUT2D eigenvalue weighted by Crippen LogP contribution is 2.31. The van der Waals surface area contributed by atoms with Gasteiger partial charge in [0, 0.05) is 18.7 Å². The van der Waals surface area contributed by atoms with Gasteiger partial charge in [-0.2, -0.15) is 0 Å². The number of rotatable bonds is 4. The molecule has 0 fully saturated rings. The van der Waals surface area contributed by atoms with E-state index in [2.05, 4.69) is 15.9 Å². The molecule has 0 aliphatic rings. The van der Waals surface area contributed by atoms with Gasteiger partial charge in [0.05, 0.1) is 9.40 Å². The van der Waals surface area contributed by atoms with Crippen LogP contribution in [0.2, 0.25) is 0 Å². The van der Waals surface area contributed by atoms with Crippen LogP contribution in [-0.2, 0) is 6.54 Å². The van der Waals surface area contributed by atoms with Gasteiger partial charge in [-0.3, -0.25) is 10.1 Å². The predicted octanol–water partition coefficient (Wildman–Crippen LogP) is 3.61. The minimum absolute atomic E-state index is 0.0323. The largest absolute Gasteiger partial charge is 0.456 e. The van der Waals surface area contributed by atoms with Gasteiger partial charge in [-0.15, -0.1) is 0 Å². The molecule has 19 heavy (non-hydrogen) atoms. The Morgan fingerprint density at radius 3 is 2.42 bits per heavy atom. The van der Waals surface area contributed by atoms with Crippen molar-refractivity contribution in [2.24, 2.45) is 5.73 Å². The van der Waals surface area contributed by atoms with Crippen molar-refractivity contribution < 1.29 is 9.66 Å². The fraction of sp³-hybridized carbons (Fsp3) is 0.0769. The summed E-state index contributed by atoms with van der Waals surface area (Å²) < 4.78 is 6.42. The van der Waals surface area contributed by atoms with Gasteiger partial charge in [-0.05, 0) is 45.8 Å². The van der Waals surface area contributed by atoms with Gasteiger partial charge in [0.25, 0.3) is 5.69 Å². The molecule has 5 nitrogen and oxygen atoms in total. The summed E-state index contributed by atoms with van der Waals surface area (Å²) in [6, 6.07) is 11.5. The number of hydrogen-bond donors (Lipinski definition) is 1. The molecule has 0 bridgehead atoms. The molecule has 0 radical (unpaired) electrons. The molecule has 2 aromatic carbocycles. The monoisotopic (exact) mass is 322 g/mol. The van der Waals surface area contributed by atoms with Crippen molar-refractivity contribution in [1.29, 1.82) is 0 Å². The summed E-state index contributed by atoms with van der Waals surface area (Å²) in [5.41, 5.74) is 6.56. The van der Waals surface area contributed by atoms with E-state index < -0.39 is 4.92 Å². The lowest BCUT2D eigenvalue weighted by atomic mass is 10.2. The van der Waals surface area contributed by atoms with Crippen LogP contribution in [0, 0.1) is 10.1 Å². The average Bonchev–Trinajstić information content (AvgIpc) is 2.41. The van der Waals surface area contributed by atoms with E-state index in [0.717, 1.165) is 10.0 Å². The van der Waals surface area contributed by atoms with Crippen LogP contribution in [0.3, 0.4) is 0 Å². The number of non-ortho nitro benzene ring substituents is 1. The number of nitrogens with zero attached hydrogens (tertiary/aromatic N) is 1. The second-order valence-electron chi connectivity index (χ2n) is 3.82. The van der Waals surface area contributed by atoms with Crippen molar-refractivity contribution in [3.05, 3.63) is 62.6 Å². The van der Waals surface area contributed by atoms with Gasteiger partial charge in [0.15, 0.2) is 0 Å². The molecular weight excluding hydrogens is 312 g/mol. The van der Waals surface area contributed by atoms with Crippen molar-refractivity contribution in [2.75, 3.05) is 0 Å². The van der Waals surface area contributed by atoms with Crippen LogP contribution in [0.5, 0.6) is 11.5 Å². The van der Waals surface area contributed by atoms with Crippen LogP contribution < -0.4 is 10.5 Å². The topological polar surface area (TPSA) is 78.4 Å². The summed E-state index contributed by atoms with van der Waals surface area (Å²) >= 11 is 3.39. The Morgan fingerprint density at radius 2 is 1.89 bits per heavy atom. The van der Waals surface area contributed by atoms with Gasteiger partial charge in [0.2, 0.25) is 0 Å². The number of ether oxygens (including phenoxy) is 1. The Bertz CT molecular complexity index is 599. The molecule has 0 unspecified atom stereocenters. The molecule has 98 valence electrons. The Morgan fingerprint density at radius 1 is 1.21 bits per heavy atom. The summed E-state index contributed by atoms with van der Waals surface area (Å²) in [5, 5.41) is 10.5. The minimum Gasteiger partial charge on any atom is -0.456 e. The summed E-state index contributed by atoms with van der Waals surface area (Å²) in [4.78, 5) is 10.1. The fourth-order valence-corrected chi connectivity index (χ4v) is 2.02. The number of halogens is 1. The van der Waals surface area contributed by atoms with Crippen molar-refractivity contribution in [3.63, 3.8) is 0 Å². The van der Waals surface area contributed by atoms with Gasteiger partial charge < -0.3 is 10.5 Å². The Balaban J connectivity index is 2.19. The fourth-order valence-electron chi connectivity index (χ4n) is 1.52. The predicted molar refractivity (Wildman–Crippen MR) is 75.2 cm³/mol. The molecule has 2 aromatic rings. The highest BCUT2D eigenvalue weighted by Gasteiger charge is 2.07. The minimum atomic E-state index is -0.449. The van der Waals surface area contributed by atoms with Crippen molar-refractivity contribution in [1.82, 2.24) is 0 Å². The maximum atomic E-state index is 10.5. The number of hydrogen-bond acceptors (Lipinski definition) is 4. The summed E-state index contributed by atoms with van der Waals surface area (Å²) in [6.07, 6.45) is 0. The van der Waals surface area contributed by atoms with Crippen molar-refractivity contribution in [2.45, 2.75) is 6.54 Å². The molecule has 2 N–H and O–H groups in total. The first kappa shape index (κ1) is 13.5. The molecule has 0 saturated carbocycles. The molecular formula is C13H11BrN2O3. The van der Waals surface area contributed by atoms with E-state index in [1.54, 1.807) is 18.2 Å². The van der Waals surface area contributed by atoms with Crippen LogP contribution in [0.4, 0.5) is 5.69 Å². The number of nitrogens with two attached hydrogens (primary N) is 1. The highest BCUT2D eigenvalue weighted by molar-refractivity contribution is 9.10. The smallest absolute Gasteiger partial charge is 0.269 e. The summed E-state index contributed by atoms with van der Waals surface area (Å²) in [5.74, 6) is 1.16. The first-order valence-corrected chi connectivity index (χ1v) is 6.30. The third-order valence-electron chi connectivity index (χ3n) is 2.51. The second-order valence-corrected chi connectivity index (χ2v) is 4.68. The van der Waals surface area contributed by atoms with Crippen LogP contribution >= 0.6 is 15.9 Å². The van der Waals surface area contributed by atoms with Crippen molar-refractivity contribution >= 4 is 21.6 Å². The maximum absolute atomic E-state index is 10.5. The Hall–Kier alpha value is -1.92. The van der Waals surface area contributed by atoms with E-state index in [9.17, 15) is 10.1 Å². The number of nitro groups is 1. The maximum Gasteiger partial charge on any atom is 0.269 e. The quantitative estimate of drug-likeness (QED) is 0.689. The van der Waals surface area contributed by atoms with E-state index in [0.29, 0.717) is 18.0 Å². The van der Waals surface area contributed by atoms with Gasteiger partial charge in [-0.1, -0.05) is 6.07 Å². The summed E-state index contributed by atoms with van der Waals surface area (Å²) in [7, 11) is 0. The lowest BCUT2D eigenvalue weighted by Crippen LogP contribution is -1.96.